The molecule has 1 aromatic heterocycles. The number of nitrogens with zero attached hydrogens (tertiary/aromatic N) is 6. The van der Waals surface area contributed by atoms with E-state index in [2.05, 4.69) is 46.8 Å². The quantitative estimate of drug-likeness (QED) is 0.0576. The lowest BCUT2D eigenvalue weighted by molar-refractivity contribution is -0.384. The molecule has 0 amide bonds. The first-order chi connectivity index (χ1) is 28.0. The highest BCUT2D eigenvalue weighted by molar-refractivity contribution is 7.99. The van der Waals surface area contributed by atoms with Gasteiger partial charge >= 0.3 is 0 Å². The van der Waals surface area contributed by atoms with Crippen molar-refractivity contribution in [2.75, 3.05) is 87.3 Å². The van der Waals surface area contributed by atoms with Crippen molar-refractivity contribution in [2.24, 2.45) is 0 Å². The number of nitrogens with one attached hydrogen (secondary N) is 2. The van der Waals surface area contributed by atoms with Gasteiger partial charge in [-0.05, 0) is 105 Å². The minimum atomic E-state index is -4.26. The number of benzene rings is 4. The third kappa shape index (κ3) is 10.4. The minimum absolute atomic E-state index is 0.0902. The summed E-state index contributed by atoms with van der Waals surface area (Å²) in [7, 11) is -0.311. The van der Waals surface area contributed by atoms with E-state index in [1.807, 2.05) is 74.8 Å². The van der Waals surface area contributed by atoms with Crippen molar-refractivity contribution in [1.29, 1.82) is 0 Å². The lowest BCUT2D eigenvalue weighted by Crippen LogP contribution is -2.47. The largest absolute Gasteiger partial charge is 0.377 e. The molecule has 0 unspecified atom stereocenters. The topological polar surface area (TPSA) is 146 Å². The molecule has 3 heterocycles. The van der Waals surface area contributed by atoms with E-state index in [0.29, 0.717) is 29.9 Å². The zero-order valence-electron chi connectivity index (χ0n) is 32.5. The van der Waals surface area contributed by atoms with Gasteiger partial charge in [0.2, 0.25) is 0 Å². The lowest BCUT2D eigenvalue weighted by atomic mass is 9.95. The molecule has 1 saturated heterocycles. The molecule has 16 heteroatoms. The van der Waals surface area contributed by atoms with Crippen molar-refractivity contribution in [2.45, 2.75) is 28.7 Å². The molecule has 58 heavy (non-hydrogen) atoms. The molecule has 2 aliphatic heterocycles. The molecule has 304 valence electrons. The number of nitro groups is 1. The van der Waals surface area contributed by atoms with Crippen molar-refractivity contribution in [1.82, 2.24) is 19.8 Å². The molecule has 2 N–H and O–H groups in total. The number of sulfonamides is 1. The Bertz CT molecular complexity index is 2360. The van der Waals surface area contributed by atoms with Crippen LogP contribution in [0.5, 0.6) is 0 Å². The van der Waals surface area contributed by atoms with Crippen molar-refractivity contribution >= 4 is 72.7 Å². The number of nitro benzene ring substituents is 1. The van der Waals surface area contributed by atoms with Gasteiger partial charge in [-0.1, -0.05) is 41.9 Å². The number of rotatable bonds is 16. The first-order valence-electron chi connectivity index (χ1n) is 19.2. The van der Waals surface area contributed by atoms with Crippen LogP contribution in [0.3, 0.4) is 0 Å². The zero-order valence-corrected chi connectivity index (χ0v) is 34.9. The molecule has 1 atom stereocenters. The highest BCUT2D eigenvalue weighted by Gasteiger charge is 2.26. The van der Waals surface area contributed by atoms with Crippen LogP contribution in [-0.2, 0) is 14.8 Å². The SMILES string of the molecule is CN(C)CC[C@H](CSc1ccccc1)Nc1ccc(S(=O)(=O)Nc2ncnc3cc(N4CCN(CC5=C(c6ccc(Cl)cc6)CCOC5)CC4)ccc23)cc1[N+](=O)[O-]. The van der Waals surface area contributed by atoms with E-state index in [-0.39, 0.29) is 28.1 Å². The molecule has 5 aromatic rings. The number of fused-ring (bicyclic) bond motifs is 1. The second kappa shape index (κ2) is 18.9. The molecule has 0 spiro atoms. The van der Waals surface area contributed by atoms with E-state index < -0.39 is 14.9 Å². The monoisotopic (exact) mass is 842 g/mol. The van der Waals surface area contributed by atoms with Gasteiger partial charge in [0.1, 0.15) is 12.0 Å². The standard InChI is InChI=1S/C42H47ClN8O5S2/c1-48(2)18-16-33(28-57-35-6-4-3-5-7-35)46-39-15-13-36(25-41(39)51(52)53)58(54,55)47-42-38-14-12-34(24-40(38)44-29-45-42)50-21-19-49(20-22-50)26-31-27-56-23-17-37(31)30-8-10-32(43)11-9-30/h3-15,24-25,29,33,46H,16-23,26-28H2,1-2H3,(H,44,45,47)/t33-/m1/s1. The van der Waals surface area contributed by atoms with Crippen LogP contribution >= 0.6 is 23.4 Å². The summed E-state index contributed by atoms with van der Waals surface area (Å²) >= 11 is 7.80. The van der Waals surface area contributed by atoms with Gasteiger partial charge in [0.25, 0.3) is 15.7 Å². The van der Waals surface area contributed by atoms with Gasteiger partial charge in [-0.2, -0.15) is 0 Å². The van der Waals surface area contributed by atoms with Gasteiger partial charge in [-0.15, -0.1) is 11.8 Å². The van der Waals surface area contributed by atoms with Gasteiger partial charge in [-0.3, -0.25) is 19.7 Å². The van der Waals surface area contributed by atoms with E-state index in [4.69, 9.17) is 16.3 Å². The summed E-state index contributed by atoms with van der Waals surface area (Å²) in [6.45, 7) is 6.31. The Morgan fingerprint density at radius 1 is 0.983 bits per heavy atom. The molecule has 2 aliphatic rings. The van der Waals surface area contributed by atoms with Crippen LogP contribution in [0.25, 0.3) is 16.5 Å². The third-order valence-corrected chi connectivity index (χ3v) is 13.1. The van der Waals surface area contributed by atoms with Crippen molar-refractivity contribution < 1.29 is 18.1 Å². The van der Waals surface area contributed by atoms with Crippen LogP contribution < -0.4 is 14.9 Å². The van der Waals surface area contributed by atoms with Gasteiger partial charge < -0.3 is 19.9 Å². The average molecular weight is 843 g/mol. The van der Waals surface area contributed by atoms with Gasteiger partial charge in [0, 0.05) is 71.6 Å². The van der Waals surface area contributed by atoms with Crippen molar-refractivity contribution in [3.63, 3.8) is 0 Å². The maximum Gasteiger partial charge on any atom is 0.293 e. The van der Waals surface area contributed by atoms with Crippen LogP contribution in [0.15, 0.2) is 113 Å². The Morgan fingerprint density at radius 3 is 2.50 bits per heavy atom. The number of ether oxygens (including phenoxy) is 1. The summed E-state index contributed by atoms with van der Waals surface area (Å²) in [5, 5.41) is 16.9. The molecule has 7 rings (SSSR count). The maximum atomic E-state index is 13.7. The van der Waals surface area contributed by atoms with E-state index in [0.717, 1.165) is 73.8 Å². The van der Waals surface area contributed by atoms with Crippen LogP contribution in [0, 0.1) is 10.1 Å². The van der Waals surface area contributed by atoms with Crippen LogP contribution in [0.2, 0.25) is 5.02 Å². The summed E-state index contributed by atoms with van der Waals surface area (Å²) in [6.07, 6.45) is 2.92. The number of hydrogen-bond acceptors (Lipinski definition) is 12. The molecular formula is C42H47ClN8O5S2. The van der Waals surface area contributed by atoms with Crippen LogP contribution in [0.1, 0.15) is 18.4 Å². The van der Waals surface area contributed by atoms with Gasteiger partial charge in [0.15, 0.2) is 5.82 Å². The second-order valence-corrected chi connectivity index (χ2v) is 17.9. The maximum absolute atomic E-state index is 13.7. The summed E-state index contributed by atoms with van der Waals surface area (Å²) in [6, 6.07) is 27.5. The Labute approximate surface area is 348 Å². The average Bonchev–Trinajstić information content (AvgIpc) is 3.23. The molecule has 4 aromatic carbocycles. The highest BCUT2D eigenvalue weighted by atomic mass is 35.5. The molecular weight excluding hydrogens is 796 g/mol. The first-order valence-corrected chi connectivity index (χ1v) is 22.0. The summed E-state index contributed by atoms with van der Waals surface area (Å²) in [5.41, 5.74) is 5.32. The second-order valence-electron chi connectivity index (χ2n) is 14.7. The van der Waals surface area contributed by atoms with Gasteiger partial charge in [0.05, 0.1) is 28.5 Å². The van der Waals surface area contributed by atoms with Crippen LogP contribution in [-0.4, -0.2) is 111 Å². The Morgan fingerprint density at radius 2 is 1.76 bits per heavy atom. The fourth-order valence-electron chi connectivity index (χ4n) is 7.21. The molecule has 0 bridgehead atoms. The van der Waals surface area contributed by atoms with E-state index in [1.54, 1.807) is 11.8 Å². The van der Waals surface area contributed by atoms with Crippen LogP contribution in [0.4, 0.5) is 22.9 Å². The number of halogens is 1. The summed E-state index contributed by atoms with van der Waals surface area (Å²) in [4.78, 5) is 28.1. The normalized spacial score (nSPS) is 15.8. The zero-order chi connectivity index (χ0) is 40.6. The molecule has 0 saturated carbocycles. The number of thioether (sulfide) groups is 1. The van der Waals surface area contributed by atoms with Crippen molar-refractivity contribution in [3.8, 4) is 0 Å². The van der Waals surface area contributed by atoms with Gasteiger partial charge in [-0.25, -0.2) is 18.4 Å². The fraction of sp³-hybridized carbons (Fsp3) is 0.333. The predicted molar refractivity (Wildman–Crippen MR) is 234 cm³/mol. The number of piperazine rings is 1. The van der Waals surface area contributed by atoms with E-state index in [1.165, 1.54) is 35.2 Å². The first kappa shape index (κ1) is 41.4. The minimum Gasteiger partial charge on any atom is -0.377 e. The smallest absolute Gasteiger partial charge is 0.293 e. The number of hydrogen-bond donors (Lipinski definition) is 2. The summed E-state index contributed by atoms with van der Waals surface area (Å²) in [5.74, 6) is 0.753. The lowest BCUT2D eigenvalue weighted by Gasteiger charge is -2.37. The van der Waals surface area contributed by atoms with E-state index in [9.17, 15) is 18.5 Å². The molecule has 0 aliphatic carbocycles. The Kier molecular flexibility index (Phi) is 13.5. The summed E-state index contributed by atoms with van der Waals surface area (Å²) < 4.78 is 35.9. The molecule has 0 radical (unpaired) electrons. The predicted octanol–water partition coefficient (Wildman–Crippen LogP) is 7.51. The fourth-order valence-corrected chi connectivity index (χ4v) is 9.38. The molecule has 1 fully saturated rings. The number of aromatic nitrogens is 2. The van der Waals surface area contributed by atoms with E-state index >= 15 is 0 Å². The van der Waals surface area contributed by atoms with Crippen molar-refractivity contribution in [3.05, 3.63) is 124 Å². The third-order valence-electron chi connectivity index (χ3n) is 10.4. The Balaban J connectivity index is 1.02. The number of anilines is 3. The molecule has 13 nitrogen and oxygen atoms in total. The highest BCUT2D eigenvalue weighted by Crippen LogP contribution is 2.33. The Hall–Kier alpha value is -4.77.